The van der Waals surface area contributed by atoms with E-state index in [4.69, 9.17) is 11.2 Å². The van der Waals surface area contributed by atoms with Crippen molar-refractivity contribution in [1.29, 1.82) is 0 Å². The summed E-state index contributed by atoms with van der Waals surface area (Å²) in [7, 11) is 0. The zero-order chi connectivity index (χ0) is 7.23. The van der Waals surface area contributed by atoms with Crippen molar-refractivity contribution in [2.75, 3.05) is 6.61 Å². The molecule has 0 aliphatic heterocycles. The normalized spacial score (nSPS) is 14.3. The standard InChI is InChI=1S/C9H9O.Y/c1-2-8-10-9-6-4-3-5-7-9;/h1,3,7H,4,6,8H2;/q-1;. The van der Waals surface area contributed by atoms with Crippen molar-refractivity contribution in [1.82, 2.24) is 0 Å². The van der Waals surface area contributed by atoms with Crippen LogP contribution in [0.2, 0.25) is 0 Å². The van der Waals surface area contributed by atoms with E-state index in [-0.39, 0.29) is 32.7 Å². The average molecular weight is 222 g/mol. The molecule has 0 aromatic heterocycles. The van der Waals surface area contributed by atoms with Crippen LogP contribution in [0.4, 0.5) is 0 Å². The molecule has 0 spiro atoms. The van der Waals surface area contributed by atoms with Crippen molar-refractivity contribution in [3.05, 3.63) is 24.0 Å². The first-order valence-corrected chi connectivity index (χ1v) is 3.26. The van der Waals surface area contributed by atoms with Crippen LogP contribution in [0, 0.1) is 18.4 Å². The van der Waals surface area contributed by atoms with Crippen LogP contribution in [0.1, 0.15) is 12.8 Å². The van der Waals surface area contributed by atoms with Crippen molar-refractivity contribution in [2.45, 2.75) is 12.8 Å². The molecule has 0 unspecified atom stereocenters. The van der Waals surface area contributed by atoms with Gasteiger partial charge in [0.05, 0.1) is 0 Å². The summed E-state index contributed by atoms with van der Waals surface area (Å²) >= 11 is 0. The van der Waals surface area contributed by atoms with Gasteiger partial charge < -0.3 is 4.74 Å². The smallest absolute Gasteiger partial charge is 0.126 e. The van der Waals surface area contributed by atoms with E-state index < -0.39 is 0 Å². The van der Waals surface area contributed by atoms with Gasteiger partial charge >= 0.3 is 0 Å². The molecule has 1 rings (SSSR count). The monoisotopic (exact) mass is 222 g/mol. The van der Waals surface area contributed by atoms with Gasteiger partial charge in [0.1, 0.15) is 6.61 Å². The molecule has 0 amide bonds. The van der Waals surface area contributed by atoms with Crippen LogP contribution in [0.5, 0.6) is 0 Å². The molecule has 1 radical (unpaired) electrons. The zero-order valence-electron chi connectivity index (χ0n) is 6.34. The molecule has 0 bridgehead atoms. The molecule has 0 saturated heterocycles. The Labute approximate surface area is 92.8 Å². The molecule has 11 heavy (non-hydrogen) atoms. The van der Waals surface area contributed by atoms with Crippen LogP contribution in [0.15, 0.2) is 17.9 Å². The first kappa shape index (κ1) is 10.9. The topological polar surface area (TPSA) is 9.23 Å². The molecule has 0 saturated carbocycles. The molecule has 1 aliphatic rings. The van der Waals surface area contributed by atoms with Gasteiger partial charge in [-0.15, -0.1) is 6.42 Å². The average Bonchev–Trinajstić information content (AvgIpc) is 2.03. The first-order valence-electron chi connectivity index (χ1n) is 3.26. The largest absolute Gasteiger partial charge is 0.572 e. The van der Waals surface area contributed by atoms with Crippen molar-refractivity contribution in [3.8, 4) is 12.3 Å². The second-order valence-electron chi connectivity index (χ2n) is 2.01. The molecule has 55 valence electrons. The van der Waals surface area contributed by atoms with Crippen molar-refractivity contribution < 1.29 is 37.4 Å². The number of hydrogen-bond donors (Lipinski definition) is 0. The van der Waals surface area contributed by atoms with Gasteiger partial charge in [-0.3, -0.25) is 6.08 Å². The quantitative estimate of drug-likeness (QED) is 0.510. The van der Waals surface area contributed by atoms with E-state index in [9.17, 15) is 0 Å². The molecule has 0 aromatic carbocycles. The Kier molecular flexibility index (Phi) is 6.61. The Morgan fingerprint density at radius 3 is 3.09 bits per heavy atom. The zero-order valence-corrected chi connectivity index (χ0v) is 9.18. The fourth-order valence-corrected chi connectivity index (χ4v) is 0.770. The Bertz CT molecular complexity index is 198. The number of terminal acetylenes is 1. The van der Waals surface area contributed by atoms with Gasteiger partial charge in [0, 0.05) is 32.7 Å². The summed E-state index contributed by atoms with van der Waals surface area (Å²) in [5.74, 6) is 3.36. The second kappa shape index (κ2) is 6.64. The third kappa shape index (κ3) is 4.40. The fraction of sp³-hybridized carbons (Fsp3) is 0.333. The van der Waals surface area contributed by atoms with Crippen LogP contribution < -0.4 is 0 Å². The molecule has 0 atom stereocenters. The van der Waals surface area contributed by atoms with E-state index in [0.29, 0.717) is 6.61 Å². The third-order valence-corrected chi connectivity index (χ3v) is 1.24. The van der Waals surface area contributed by atoms with E-state index in [2.05, 4.69) is 12.0 Å². The van der Waals surface area contributed by atoms with Gasteiger partial charge in [-0.1, -0.05) is 24.5 Å². The minimum Gasteiger partial charge on any atom is -0.572 e. The molecule has 2 heteroatoms. The summed E-state index contributed by atoms with van der Waals surface area (Å²) in [6.45, 7) is 0.369. The molecule has 1 nitrogen and oxygen atoms in total. The maximum absolute atomic E-state index is 5.17. The predicted molar refractivity (Wildman–Crippen MR) is 39.9 cm³/mol. The van der Waals surface area contributed by atoms with Crippen molar-refractivity contribution in [3.63, 3.8) is 0 Å². The number of hydrogen-bond acceptors (Lipinski definition) is 1. The van der Waals surface area contributed by atoms with Gasteiger partial charge in [0.15, 0.2) is 0 Å². The Morgan fingerprint density at radius 2 is 2.55 bits per heavy atom. The van der Waals surface area contributed by atoms with E-state index >= 15 is 0 Å². The van der Waals surface area contributed by atoms with Gasteiger partial charge in [0.2, 0.25) is 0 Å². The van der Waals surface area contributed by atoms with Crippen LogP contribution in [0.25, 0.3) is 0 Å². The molecule has 1 aliphatic carbocycles. The summed E-state index contributed by atoms with van der Waals surface area (Å²) in [6.07, 6.45) is 13.8. The predicted octanol–water partition coefficient (Wildman–Crippen LogP) is 1.67. The van der Waals surface area contributed by atoms with Gasteiger partial charge in [-0.05, 0) is 0 Å². The Hall–Kier alpha value is -0.0561. The molecular weight excluding hydrogens is 213 g/mol. The summed E-state index contributed by atoms with van der Waals surface area (Å²) in [4.78, 5) is 0. The van der Waals surface area contributed by atoms with Crippen molar-refractivity contribution in [2.24, 2.45) is 0 Å². The summed E-state index contributed by atoms with van der Waals surface area (Å²) in [5, 5.41) is 0. The van der Waals surface area contributed by atoms with Crippen LogP contribution in [0.3, 0.4) is 0 Å². The molecule has 0 fully saturated rings. The van der Waals surface area contributed by atoms with Gasteiger partial charge in [0.25, 0.3) is 0 Å². The van der Waals surface area contributed by atoms with Gasteiger partial charge in [-0.25, -0.2) is 0 Å². The van der Waals surface area contributed by atoms with Crippen LogP contribution in [-0.4, -0.2) is 6.61 Å². The van der Waals surface area contributed by atoms with E-state index in [1.165, 1.54) is 0 Å². The maximum Gasteiger partial charge on any atom is 0.126 e. The van der Waals surface area contributed by atoms with E-state index in [1.807, 2.05) is 12.2 Å². The molecular formula is C9H9OY-. The van der Waals surface area contributed by atoms with E-state index in [1.54, 1.807) is 0 Å². The van der Waals surface area contributed by atoms with Gasteiger partial charge in [-0.2, -0.15) is 12.2 Å². The summed E-state index contributed by atoms with van der Waals surface area (Å²) < 4.78 is 5.17. The third-order valence-electron chi connectivity index (χ3n) is 1.24. The molecule has 0 aromatic rings. The minimum absolute atomic E-state index is 0. The van der Waals surface area contributed by atoms with Crippen LogP contribution in [-0.2, 0) is 37.4 Å². The maximum atomic E-state index is 5.17. The van der Waals surface area contributed by atoms with Crippen LogP contribution >= 0.6 is 0 Å². The number of ether oxygens (including phenoxy) is 1. The molecule has 0 heterocycles. The number of allylic oxidation sites excluding steroid dienone is 4. The SMILES string of the molecule is C#CCOC1=C[C-]=CCC1.[Y]. The number of rotatable bonds is 2. The van der Waals surface area contributed by atoms with Crippen molar-refractivity contribution >= 4 is 0 Å². The fourth-order valence-electron chi connectivity index (χ4n) is 0.770. The molecule has 0 N–H and O–H groups in total. The second-order valence-corrected chi connectivity index (χ2v) is 2.01. The summed E-state index contributed by atoms with van der Waals surface area (Å²) in [6, 6.07) is 0. The Morgan fingerprint density at radius 1 is 1.73 bits per heavy atom. The Balaban J connectivity index is 0.000001000. The summed E-state index contributed by atoms with van der Waals surface area (Å²) in [5.41, 5.74) is 0. The van der Waals surface area contributed by atoms with E-state index in [0.717, 1.165) is 18.6 Å². The first-order chi connectivity index (χ1) is 4.93. The minimum atomic E-state index is 0.